The van der Waals surface area contributed by atoms with E-state index in [1.54, 1.807) is 0 Å². The van der Waals surface area contributed by atoms with Crippen LogP contribution in [0.25, 0.3) is 43.5 Å². The number of rotatable bonds is 0. The molecule has 0 radical (unpaired) electrons. The highest BCUT2D eigenvalue weighted by Crippen LogP contribution is 2.59. The number of thiophene rings is 1. The van der Waals surface area contributed by atoms with E-state index in [-0.39, 0.29) is 5.41 Å². The van der Waals surface area contributed by atoms with Crippen molar-refractivity contribution in [2.45, 2.75) is 5.41 Å². The van der Waals surface area contributed by atoms with Crippen LogP contribution in [0.4, 0.5) is 0 Å². The molecule has 1 unspecified atom stereocenters. The smallest absolute Gasteiger partial charge is 0.0726 e. The first-order valence-electron chi connectivity index (χ1n) is 11.9. The number of halogens is 1. The Balaban J connectivity index is 1.62. The van der Waals surface area contributed by atoms with E-state index in [4.69, 9.17) is 0 Å². The quantitative estimate of drug-likeness (QED) is 0.184. The lowest BCUT2D eigenvalue weighted by molar-refractivity contribution is 0.767. The normalized spacial score (nSPS) is 17.3. The van der Waals surface area contributed by atoms with Gasteiger partial charge in [-0.3, -0.25) is 0 Å². The molecule has 0 fully saturated rings. The van der Waals surface area contributed by atoms with Gasteiger partial charge >= 0.3 is 0 Å². The second-order valence-electron chi connectivity index (χ2n) is 9.44. The Morgan fingerprint density at radius 2 is 1.26 bits per heavy atom. The summed E-state index contributed by atoms with van der Waals surface area (Å²) in [6.45, 7) is 0. The Morgan fingerprint density at radius 3 is 2.17 bits per heavy atom. The predicted molar refractivity (Wildman–Crippen MR) is 153 cm³/mol. The van der Waals surface area contributed by atoms with E-state index in [0.29, 0.717) is 0 Å². The molecule has 0 N–H and O–H groups in total. The summed E-state index contributed by atoms with van der Waals surface area (Å²) >= 11 is 5.71. The van der Waals surface area contributed by atoms with E-state index in [9.17, 15) is 0 Å². The monoisotopic (exact) mass is 526 g/mol. The largest absolute Gasteiger partial charge is 0.135 e. The van der Waals surface area contributed by atoms with Crippen molar-refractivity contribution in [3.8, 4) is 11.1 Å². The maximum atomic E-state index is 3.81. The Kier molecular flexibility index (Phi) is 3.98. The zero-order chi connectivity index (χ0) is 23.1. The van der Waals surface area contributed by atoms with Gasteiger partial charge in [-0.05, 0) is 74.8 Å². The molecule has 8 rings (SSSR count). The Labute approximate surface area is 216 Å². The third-order valence-electron chi connectivity index (χ3n) is 7.77. The molecule has 0 saturated carbocycles. The van der Waals surface area contributed by atoms with Crippen molar-refractivity contribution in [1.82, 2.24) is 0 Å². The van der Waals surface area contributed by atoms with Crippen molar-refractivity contribution in [1.29, 1.82) is 0 Å². The summed E-state index contributed by atoms with van der Waals surface area (Å²) in [6, 6.07) is 38.4. The van der Waals surface area contributed by atoms with E-state index in [2.05, 4.69) is 131 Å². The molecule has 2 aliphatic rings. The average Bonchev–Trinajstić information content (AvgIpc) is 3.35. The molecule has 6 aromatic rings. The molecule has 2 aliphatic carbocycles. The molecule has 0 amide bonds. The van der Waals surface area contributed by atoms with Crippen LogP contribution in [0.3, 0.4) is 0 Å². The molecule has 0 saturated heterocycles. The Bertz CT molecular complexity index is 1870. The first kappa shape index (κ1) is 19.8. The number of fused-ring (bicyclic) bond motifs is 12. The summed E-state index contributed by atoms with van der Waals surface area (Å²) in [5.41, 5.74) is 10.3. The number of benzene rings is 5. The van der Waals surface area contributed by atoms with Crippen molar-refractivity contribution in [3.05, 3.63) is 141 Å². The zero-order valence-corrected chi connectivity index (χ0v) is 21.2. The minimum absolute atomic E-state index is 0.379. The van der Waals surface area contributed by atoms with Gasteiger partial charge in [-0.2, -0.15) is 0 Å². The van der Waals surface area contributed by atoms with E-state index in [1.807, 2.05) is 11.3 Å². The molecule has 0 aliphatic heterocycles. The Hall–Kier alpha value is -3.46. The average molecular weight is 527 g/mol. The molecule has 0 bridgehead atoms. The van der Waals surface area contributed by atoms with Crippen LogP contribution < -0.4 is 0 Å². The van der Waals surface area contributed by atoms with Gasteiger partial charge in [0.1, 0.15) is 0 Å². The lowest BCUT2D eigenvalue weighted by atomic mass is 9.66. The van der Waals surface area contributed by atoms with Gasteiger partial charge in [0.25, 0.3) is 0 Å². The van der Waals surface area contributed by atoms with Crippen LogP contribution in [-0.4, -0.2) is 0 Å². The van der Waals surface area contributed by atoms with Crippen LogP contribution in [0.15, 0.2) is 108 Å². The van der Waals surface area contributed by atoms with Crippen molar-refractivity contribution in [2.75, 3.05) is 0 Å². The van der Waals surface area contributed by atoms with Crippen LogP contribution in [0, 0.1) is 0 Å². The van der Waals surface area contributed by atoms with Crippen molar-refractivity contribution in [3.63, 3.8) is 0 Å². The number of hydrogen-bond donors (Lipinski definition) is 0. The molecule has 35 heavy (non-hydrogen) atoms. The molecule has 2 heteroatoms. The van der Waals surface area contributed by atoms with E-state index < -0.39 is 0 Å². The highest BCUT2D eigenvalue weighted by molar-refractivity contribution is 9.10. The van der Waals surface area contributed by atoms with Crippen LogP contribution in [0.1, 0.15) is 33.4 Å². The summed E-state index contributed by atoms with van der Waals surface area (Å²) in [6.07, 6.45) is 4.57. The van der Waals surface area contributed by atoms with E-state index in [0.717, 1.165) is 4.47 Å². The minimum atomic E-state index is -0.379. The predicted octanol–water partition coefficient (Wildman–Crippen LogP) is 9.66. The van der Waals surface area contributed by atoms with Crippen molar-refractivity contribution >= 4 is 59.6 Å². The van der Waals surface area contributed by atoms with Gasteiger partial charge in [0.15, 0.2) is 0 Å². The van der Waals surface area contributed by atoms with Gasteiger partial charge in [-0.25, -0.2) is 0 Å². The van der Waals surface area contributed by atoms with Crippen molar-refractivity contribution < 1.29 is 0 Å². The van der Waals surface area contributed by atoms with Gasteiger partial charge in [0, 0.05) is 24.6 Å². The van der Waals surface area contributed by atoms with Gasteiger partial charge in [-0.15, -0.1) is 11.3 Å². The van der Waals surface area contributed by atoms with Crippen LogP contribution in [0.5, 0.6) is 0 Å². The molecule has 1 aromatic heterocycles. The zero-order valence-electron chi connectivity index (χ0n) is 18.8. The van der Waals surface area contributed by atoms with E-state index in [1.165, 1.54) is 64.7 Å². The molecule has 0 nitrogen and oxygen atoms in total. The topological polar surface area (TPSA) is 0 Å². The van der Waals surface area contributed by atoms with Gasteiger partial charge in [0.2, 0.25) is 0 Å². The summed E-state index contributed by atoms with van der Waals surface area (Å²) in [5.74, 6) is 0. The van der Waals surface area contributed by atoms with Gasteiger partial charge < -0.3 is 0 Å². The third kappa shape index (κ3) is 2.51. The van der Waals surface area contributed by atoms with E-state index >= 15 is 0 Å². The fraction of sp³-hybridized carbons (Fsp3) is 0.0303. The summed E-state index contributed by atoms with van der Waals surface area (Å²) in [5, 5.41) is 2.70. The summed E-state index contributed by atoms with van der Waals surface area (Å²) < 4.78 is 3.81. The van der Waals surface area contributed by atoms with Crippen LogP contribution >= 0.6 is 27.3 Å². The van der Waals surface area contributed by atoms with Crippen molar-refractivity contribution in [2.24, 2.45) is 0 Å². The number of hydrogen-bond acceptors (Lipinski definition) is 1. The standard InChI is InChI=1S/C33H19BrS/c34-22-16-15-21-14-13-20-7-1-4-10-27(20)33(29(21)17-22)28-11-5-2-8-23(28)25-18-26-24-9-3-6-12-31(24)35-32(26)19-30(25)33/h1-19H. The van der Waals surface area contributed by atoms with Crippen LogP contribution in [-0.2, 0) is 5.41 Å². The van der Waals surface area contributed by atoms with Gasteiger partial charge in [0.05, 0.1) is 5.41 Å². The first-order chi connectivity index (χ1) is 17.2. The SMILES string of the molecule is Brc1ccc2c(c1)C1(c3ccccc3C=C2)c2ccccc2-c2cc3c(cc21)sc1ccccc13. The first-order valence-corrected chi connectivity index (χ1v) is 13.5. The Morgan fingerprint density at radius 1 is 0.514 bits per heavy atom. The lowest BCUT2D eigenvalue weighted by Gasteiger charge is -2.35. The fourth-order valence-electron chi connectivity index (χ4n) is 6.38. The van der Waals surface area contributed by atoms with Gasteiger partial charge in [-0.1, -0.05) is 101 Å². The molecule has 5 aromatic carbocycles. The fourth-order valence-corrected chi connectivity index (χ4v) is 7.87. The maximum Gasteiger partial charge on any atom is 0.0726 e. The van der Waals surface area contributed by atoms with Crippen LogP contribution in [0.2, 0.25) is 0 Å². The summed E-state index contributed by atoms with van der Waals surface area (Å²) in [7, 11) is 0. The highest BCUT2D eigenvalue weighted by Gasteiger charge is 2.48. The second kappa shape index (κ2) is 7.04. The molecular formula is C33H19BrS. The minimum Gasteiger partial charge on any atom is -0.135 e. The lowest BCUT2D eigenvalue weighted by Crippen LogP contribution is -2.30. The molecule has 1 spiro atoms. The summed E-state index contributed by atoms with van der Waals surface area (Å²) in [4.78, 5) is 0. The molecule has 1 heterocycles. The molecule has 164 valence electrons. The second-order valence-corrected chi connectivity index (χ2v) is 11.4. The maximum absolute atomic E-state index is 3.81. The molecule has 1 atom stereocenters. The highest BCUT2D eigenvalue weighted by atomic mass is 79.9. The third-order valence-corrected chi connectivity index (χ3v) is 9.40. The molecular weight excluding hydrogens is 508 g/mol.